The van der Waals surface area contributed by atoms with Gasteiger partial charge in [-0.05, 0) is 19.1 Å². The molecule has 0 aliphatic heterocycles. The average molecular weight is 337 g/mol. The van der Waals surface area contributed by atoms with Crippen LogP contribution in [0.1, 0.15) is 15.9 Å². The number of halogens is 1. The molecule has 23 heavy (non-hydrogen) atoms. The van der Waals surface area contributed by atoms with Crippen LogP contribution in [0.5, 0.6) is 0 Å². The second-order valence-electron chi connectivity index (χ2n) is 4.75. The van der Waals surface area contributed by atoms with Crippen LogP contribution < -0.4 is 10.9 Å². The Labute approximate surface area is 135 Å². The maximum atomic E-state index is 12.0. The lowest BCUT2D eigenvalue weighted by Gasteiger charge is -2.08. The van der Waals surface area contributed by atoms with Gasteiger partial charge in [-0.2, -0.15) is 0 Å². The van der Waals surface area contributed by atoms with Crippen LogP contribution in [-0.4, -0.2) is 26.9 Å². The van der Waals surface area contributed by atoms with Crippen LogP contribution in [0, 0.1) is 17.0 Å². The number of aromatic nitrogens is 2. The number of nitrogens with one attached hydrogen (secondary N) is 1. The SMILES string of the molecule is Cc1cncn(CCNC(=O)c2ccc(Cl)c([N+](=O)[O-])c2)c1=O. The van der Waals surface area contributed by atoms with E-state index in [0.29, 0.717) is 5.56 Å². The van der Waals surface area contributed by atoms with E-state index in [-0.39, 0.29) is 34.9 Å². The van der Waals surface area contributed by atoms with Crippen LogP contribution in [0.25, 0.3) is 0 Å². The molecular weight excluding hydrogens is 324 g/mol. The molecule has 0 fully saturated rings. The zero-order chi connectivity index (χ0) is 17.0. The molecule has 0 saturated heterocycles. The van der Waals surface area contributed by atoms with Gasteiger partial charge in [0, 0.05) is 36.5 Å². The molecule has 1 aromatic carbocycles. The summed E-state index contributed by atoms with van der Waals surface area (Å²) in [4.78, 5) is 37.8. The average Bonchev–Trinajstić information content (AvgIpc) is 2.51. The van der Waals surface area contributed by atoms with Crippen molar-refractivity contribution in [2.24, 2.45) is 0 Å². The highest BCUT2D eigenvalue weighted by atomic mass is 35.5. The summed E-state index contributed by atoms with van der Waals surface area (Å²) in [7, 11) is 0. The lowest BCUT2D eigenvalue weighted by molar-refractivity contribution is -0.384. The van der Waals surface area contributed by atoms with Gasteiger partial charge in [0.15, 0.2) is 0 Å². The number of aryl methyl sites for hydroxylation is 1. The molecule has 0 spiro atoms. The van der Waals surface area contributed by atoms with Gasteiger partial charge in [0.2, 0.25) is 0 Å². The van der Waals surface area contributed by atoms with Crippen molar-refractivity contribution in [1.82, 2.24) is 14.9 Å². The summed E-state index contributed by atoms with van der Waals surface area (Å²) in [6.45, 7) is 2.08. The Bertz CT molecular complexity index is 819. The number of carbonyl (C=O) groups is 1. The summed E-state index contributed by atoms with van der Waals surface area (Å²) < 4.78 is 1.37. The van der Waals surface area contributed by atoms with Crippen LogP contribution in [-0.2, 0) is 6.54 Å². The first-order valence-corrected chi connectivity index (χ1v) is 7.01. The van der Waals surface area contributed by atoms with Crippen molar-refractivity contribution >= 4 is 23.2 Å². The number of amides is 1. The third kappa shape index (κ3) is 3.92. The molecular formula is C14H13ClN4O4. The Morgan fingerprint density at radius 3 is 2.91 bits per heavy atom. The van der Waals surface area contributed by atoms with E-state index in [1.807, 2.05) is 0 Å². The molecule has 0 bridgehead atoms. The van der Waals surface area contributed by atoms with Crippen molar-refractivity contribution in [2.45, 2.75) is 13.5 Å². The zero-order valence-corrected chi connectivity index (χ0v) is 12.9. The molecule has 1 amide bonds. The van der Waals surface area contributed by atoms with Crippen LogP contribution in [0.15, 0.2) is 35.5 Å². The van der Waals surface area contributed by atoms with Gasteiger partial charge >= 0.3 is 0 Å². The van der Waals surface area contributed by atoms with E-state index in [0.717, 1.165) is 6.07 Å². The predicted octanol–water partition coefficient (Wildman–Crippen LogP) is 1.54. The quantitative estimate of drug-likeness (QED) is 0.658. The Balaban J connectivity index is 2.03. The number of rotatable bonds is 5. The molecule has 1 aromatic heterocycles. The van der Waals surface area contributed by atoms with Crippen LogP contribution in [0.4, 0.5) is 5.69 Å². The third-order valence-corrected chi connectivity index (χ3v) is 3.44. The number of hydrogen-bond donors (Lipinski definition) is 1. The first-order valence-electron chi connectivity index (χ1n) is 6.63. The topological polar surface area (TPSA) is 107 Å². The summed E-state index contributed by atoms with van der Waals surface area (Å²) in [5, 5.41) is 13.4. The van der Waals surface area contributed by atoms with Gasteiger partial charge in [-0.3, -0.25) is 24.3 Å². The van der Waals surface area contributed by atoms with Crippen molar-refractivity contribution < 1.29 is 9.72 Å². The standard InChI is InChI=1S/C14H13ClN4O4/c1-9-7-16-8-18(14(9)21)5-4-17-13(20)10-2-3-11(15)12(6-10)19(22)23/h2-3,6-8H,4-5H2,1H3,(H,17,20). The van der Waals surface area contributed by atoms with E-state index in [9.17, 15) is 19.7 Å². The fourth-order valence-corrected chi connectivity index (χ4v) is 2.09. The molecule has 120 valence electrons. The minimum atomic E-state index is -0.656. The van der Waals surface area contributed by atoms with E-state index in [4.69, 9.17) is 11.6 Å². The highest BCUT2D eigenvalue weighted by Crippen LogP contribution is 2.24. The lowest BCUT2D eigenvalue weighted by atomic mass is 10.2. The molecule has 1 heterocycles. The largest absolute Gasteiger partial charge is 0.350 e. The summed E-state index contributed by atoms with van der Waals surface area (Å²) in [5.74, 6) is -0.488. The van der Waals surface area contributed by atoms with Crippen LogP contribution in [0.3, 0.4) is 0 Å². The maximum Gasteiger partial charge on any atom is 0.288 e. The summed E-state index contributed by atoms with van der Waals surface area (Å²) >= 11 is 5.69. The molecule has 0 unspecified atom stereocenters. The monoisotopic (exact) mass is 336 g/mol. The first-order chi connectivity index (χ1) is 10.9. The summed E-state index contributed by atoms with van der Waals surface area (Å²) in [5.41, 5.74) is 0.109. The highest BCUT2D eigenvalue weighted by Gasteiger charge is 2.16. The highest BCUT2D eigenvalue weighted by molar-refractivity contribution is 6.32. The molecule has 0 radical (unpaired) electrons. The van der Waals surface area contributed by atoms with E-state index in [2.05, 4.69) is 10.3 Å². The second-order valence-corrected chi connectivity index (χ2v) is 5.16. The van der Waals surface area contributed by atoms with Crippen molar-refractivity contribution in [2.75, 3.05) is 6.54 Å². The number of hydrogen-bond acceptors (Lipinski definition) is 5. The molecule has 0 saturated carbocycles. The number of nitro benzene ring substituents is 1. The van der Waals surface area contributed by atoms with Gasteiger partial charge in [0.05, 0.1) is 11.3 Å². The minimum Gasteiger partial charge on any atom is -0.350 e. The lowest BCUT2D eigenvalue weighted by Crippen LogP contribution is -2.31. The van der Waals surface area contributed by atoms with Gasteiger partial charge in [0.25, 0.3) is 17.2 Å². The van der Waals surface area contributed by atoms with Crippen LogP contribution >= 0.6 is 11.6 Å². The Hall–Kier alpha value is -2.74. The Kier molecular flexibility index (Phi) is 5.07. The van der Waals surface area contributed by atoms with E-state index in [1.165, 1.54) is 29.2 Å². The summed E-state index contributed by atoms with van der Waals surface area (Å²) in [6.07, 6.45) is 2.85. The number of nitrogens with zero attached hydrogens (tertiary/aromatic N) is 3. The first kappa shape index (κ1) is 16.6. The van der Waals surface area contributed by atoms with Crippen molar-refractivity contribution in [3.8, 4) is 0 Å². The summed E-state index contributed by atoms with van der Waals surface area (Å²) in [6, 6.07) is 3.80. The van der Waals surface area contributed by atoms with Crippen molar-refractivity contribution in [3.63, 3.8) is 0 Å². The normalized spacial score (nSPS) is 10.3. The Morgan fingerprint density at radius 1 is 1.48 bits per heavy atom. The number of benzene rings is 1. The molecule has 8 nitrogen and oxygen atoms in total. The molecule has 9 heteroatoms. The number of carbonyl (C=O) groups excluding carboxylic acids is 1. The Morgan fingerprint density at radius 2 is 2.22 bits per heavy atom. The predicted molar refractivity (Wildman–Crippen MR) is 83.7 cm³/mol. The van der Waals surface area contributed by atoms with Gasteiger partial charge in [-0.25, -0.2) is 4.98 Å². The molecule has 2 aromatic rings. The zero-order valence-electron chi connectivity index (χ0n) is 12.2. The van der Waals surface area contributed by atoms with Crippen molar-refractivity contribution in [3.05, 3.63) is 67.3 Å². The van der Waals surface area contributed by atoms with Gasteiger partial charge in [-0.1, -0.05) is 11.6 Å². The number of nitro groups is 1. The third-order valence-electron chi connectivity index (χ3n) is 3.12. The molecule has 0 atom stereocenters. The fraction of sp³-hybridized carbons (Fsp3) is 0.214. The molecule has 1 N–H and O–H groups in total. The molecule has 2 rings (SSSR count). The van der Waals surface area contributed by atoms with E-state index < -0.39 is 10.8 Å². The smallest absolute Gasteiger partial charge is 0.288 e. The fourth-order valence-electron chi connectivity index (χ4n) is 1.90. The van der Waals surface area contributed by atoms with E-state index >= 15 is 0 Å². The second kappa shape index (κ2) is 7.01. The van der Waals surface area contributed by atoms with Gasteiger partial charge in [-0.15, -0.1) is 0 Å². The van der Waals surface area contributed by atoms with Crippen molar-refractivity contribution in [1.29, 1.82) is 0 Å². The minimum absolute atomic E-state index is 0.0380. The van der Waals surface area contributed by atoms with Gasteiger partial charge in [0.1, 0.15) is 5.02 Å². The molecule has 0 aliphatic carbocycles. The van der Waals surface area contributed by atoms with Crippen LogP contribution in [0.2, 0.25) is 5.02 Å². The molecule has 0 aliphatic rings. The van der Waals surface area contributed by atoms with Gasteiger partial charge < -0.3 is 5.32 Å². The van der Waals surface area contributed by atoms with E-state index in [1.54, 1.807) is 6.92 Å². The maximum absolute atomic E-state index is 12.0.